The van der Waals surface area contributed by atoms with Crippen LogP contribution in [-0.2, 0) is 30.6 Å². The Morgan fingerprint density at radius 1 is 1.11 bits per heavy atom. The van der Waals surface area contributed by atoms with Gasteiger partial charge in [-0.25, -0.2) is 0 Å². The minimum Gasteiger partial charge on any atom is -0.366 e. The Morgan fingerprint density at radius 2 is 1.79 bits per heavy atom. The second kappa shape index (κ2) is 10.6. The van der Waals surface area contributed by atoms with E-state index < -0.39 is 5.91 Å². The van der Waals surface area contributed by atoms with Crippen LogP contribution in [0.15, 0.2) is 36.4 Å². The van der Waals surface area contributed by atoms with Crippen molar-refractivity contribution in [2.45, 2.75) is 40.2 Å². The van der Waals surface area contributed by atoms with Crippen LogP contribution in [0, 0.1) is 0 Å². The van der Waals surface area contributed by atoms with Crippen molar-refractivity contribution >= 4 is 35.7 Å². The van der Waals surface area contributed by atoms with Gasteiger partial charge in [-0.3, -0.25) is 14.5 Å². The number of Topliss-reactive ketones (excluding diaryl/α,β-unsaturated/α-hetero) is 1. The number of hydrogen-bond acceptors (Lipinski definition) is 3. The molecule has 2 aromatic carbocycles. The highest BCUT2D eigenvalue weighted by Gasteiger charge is 2.23. The van der Waals surface area contributed by atoms with Gasteiger partial charge in [0.15, 0.2) is 0 Å². The smallest absolute Gasteiger partial charge is 0.249 e. The van der Waals surface area contributed by atoms with Crippen LogP contribution < -0.4 is 5.73 Å². The lowest BCUT2D eigenvalue weighted by atomic mass is 9.88. The average molecular weight is 423 g/mol. The van der Waals surface area contributed by atoms with E-state index >= 15 is 0 Å². The molecule has 0 aromatic heterocycles. The molecule has 3 rings (SSSR count). The summed E-state index contributed by atoms with van der Waals surface area (Å²) in [6, 6.07) is 11.2. The molecule has 6 heteroatoms. The van der Waals surface area contributed by atoms with Gasteiger partial charge >= 0.3 is 0 Å². The highest BCUT2D eigenvalue weighted by molar-refractivity contribution is 6.30. The van der Waals surface area contributed by atoms with Crippen LogP contribution in [0.25, 0.3) is 0 Å². The fourth-order valence-electron chi connectivity index (χ4n) is 3.59. The number of fused-ring (bicyclic) bond motifs is 1. The fraction of sp³-hybridized carbons (Fsp3) is 0.364. The molecule has 152 valence electrons. The Labute approximate surface area is 178 Å². The summed E-state index contributed by atoms with van der Waals surface area (Å²) in [5, 5.41) is 0.646. The molecule has 0 saturated heterocycles. The first-order chi connectivity index (χ1) is 12.5. The first kappa shape index (κ1) is 24.2. The first-order valence-electron chi connectivity index (χ1n) is 8.90. The summed E-state index contributed by atoms with van der Waals surface area (Å²) in [5.74, 6) is -0.387. The Kier molecular flexibility index (Phi) is 9.15. The minimum atomic E-state index is -0.443. The molecule has 0 saturated carbocycles. The number of nitrogens with zero attached hydrogens (tertiary/aromatic N) is 1. The van der Waals surface area contributed by atoms with Gasteiger partial charge in [-0.05, 0) is 47.4 Å². The largest absolute Gasteiger partial charge is 0.366 e. The van der Waals surface area contributed by atoms with Crippen molar-refractivity contribution in [3.8, 4) is 0 Å². The van der Waals surface area contributed by atoms with Gasteiger partial charge in [-0.15, -0.1) is 12.4 Å². The first-order valence-corrected chi connectivity index (χ1v) is 9.27. The van der Waals surface area contributed by atoms with E-state index in [9.17, 15) is 9.59 Å². The second-order valence-electron chi connectivity index (χ2n) is 6.74. The third kappa shape index (κ3) is 5.57. The van der Waals surface area contributed by atoms with Crippen molar-refractivity contribution < 1.29 is 9.59 Å². The third-order valence-corrected chi connectivity index (χ3v) is 5.22. The lowest BCUT2D eigenvalue weighted by molar-refractivity contribution is -0.117. The molecule has 1 aliphatic rings. The number of amides is 1. The van der Waals surface area contributed by atoms with Crippen LogP contribution >= 0.6 is 24.0 Å². The van der Waals surface area contributed by atoms with Crippen LogP contribution in [0.4, 0.5) is 0 Å². The Bertz CT molecular complexity index is 835. The zero-order valence-electron chi connectivity index (χ0n) is 15.3. The molecule has 0 atom stereocenters. The maximum atomic E-state index is 12.5. The van der Waals surface area contributed by atoms with Crippen molar-refractivity contribution in [2.24, 2.45) is 5.73 Å². The van der Waals surface area contributed by atoms with Crippen LogP contribution in [0.3, 0.4) is 0 Å². The van der Waals surface area contributed by atoms with E-state index in [1.807, 2.05) is 24.3 Å². The number of rotatable bonds is 6. The lowest BCUT2D eigenvalue weighted by Gasteiger charge is -2.29. The molecule has 0 fully saturated rings. The average Bonchev–Trinajstić information content (AvgIpc) is 2.62. The molecule has 28 heavy (non-hydrogen) atoms. The molecule has 2 aromatic rings. The minimum absolute atomic E-state index is 0. The van der Waals surface area contributed by atoms with Gasteiger partial charge in [0.05, 0.1) is 0 Å². The topological polar surface area (TPSA) is 63.4 Å². The number of halogens is 2. The number of hydrogen-bond donors (Lipinski definition) is 1. The van der Waals surface area contributed by atoms with E-state index in [0.717, 1.165) is 48.3 Å². The van der Waals surface area contributed by atoms with Crippen molar-refractivity contribution in [3.05, 3.63) is 69.2 Å². The molecule has 0 bridgehead atoms. The monoisotopic (exact) mass is 422 g/mol. The van der Waals surface area contributed by atoms with Crippen LogP contribution in [0.1, 0.15) is 47.0 Å². The zero-order chi connectivity index (χ0) is 18.7. The SMILES string of the molecule is C.CCN1CCc2c(ccc(CC(=O)Cc3ccc(Cl)cc3)c2C(N)=O)C1.Cl. The molecule has 4 nitrogen and oxygen atoms in total. The molecule has 0 spiro atoms. The molecule has 1 aliphatic heterocycles. The van der Waals surface area contributed by atoms with Gasteiger partial charge < -0.3 is 5.73 Å². The van der Waals surface area contributed by atoms with Crippen molar-refractivity contribution in [3.63, 3.8) is 0 Å². The summed E-state index contributed by atoms with van der Waals surface area (Å²) >= 11 is 5.88. The normalized spacial score (nSPS) is 13.1. The maximum absolute atomic E-state index is 12.5. The number of ketones is 1. The van der Waals surface area contributed by atoms with Gasteiger partial charge in [0.25, 0.3) is 0 Å². The standard InChI is InChI=1S/C21H23ClN2O2.CH4.ClH/c1-2-24-10-9-19-16(13-24)6-5-15(20(19)21(23)26)12-18(25)11-14-3-7-17(22)8-4-14;;/h3-8H,2,9-13H2,1H3,(H2,23,26);1H4;1H. The van der Waals surface area contributed by atoms with Gasteiger partial charge in [0.1, 0.15) is 5.78 Å². The van der Waals surface area contributed by atoms with Crippen molar-refractivity contribution in [1.29, 1.82) is 0 Å². The van der Waals surface area contributed by atoms with Gasteiger partial charge in [-0.1, -0.05) is 50.2 Å². The fourth-order valence-corrected chi connectivity index (χ4v) is 3.72. The molecule has 0 radical (unpaired) electrons. The van der Waals surface area contributed by atoms with E-state index in [2.05, 4.69) is 11.8 Å². The van der Waals surface area contributed by atoms with E-state index in [-0.39, 0.29) is 32.0 Å². The molecule has 1 heterocycles. The summed E-state index contributed by atoms with van der Waals surface area (Å²) in [5.41, 5.74) is 10.0. The quantitative estimate of drug-likeness (QED) is 0.757. The van der Waals surface area contributed by atoms with Crippen LogP contribution in [0.2, 0.25) is 5.02 Å². The number of likely N-dealkylation sites (N-methyl/N-ethyl adjacent to an activating group) is 1. The Balaban J connectivity index is 0.00000196. The van der Waals surface area contributed by atoms with Gasteiger partial charge in [-0.2, -0.15) is 0 Å². The highest BCUT2D eigenvalue weighted by Crippen LogP contribution is 2.26. The Morgan fingerprint density at radius 3 is 2.39 bits per heavy atom. The Hall–Kier alpha value is -1.88. The van der Waals surface area contributed by atoms with Gasteiger partial charge in [0.2, 0.25) is 5.91 Å². The van der Waals surface area contributed by atoms with Crippen molar-refractivity contribution in [1.82, 2.24) is 4.90 Å². The number of benzene rings is 2. The van der Waals surface area contributed by atoms with E-state index in [0.29, 0.717) is 17.0 Å². The zero-order valence-corrected chi connectivity index (χ0v) is 16.9. The molecule has 0 aliphatic carbocycles. The summed E-state index contributed by atoms with van der Waals surface area (Å²) < 4.78 is 0. The number of primary amides is 1. The summed E-state index contributed by atoms with van der Waals surface area (Å²) in [7, 11) is 0. The van der Waals surface area contributed by atoms with Crippen molar-refractivity contribution in [2.75, 3.05) is 13.1 Å². The van der Waals surface area contributed by atoms with E-state index in [1.54, 1.807) is 12.1 Å². The van der Waals surface area contributed by atoms with E-state index in [1.165, 1.54) is 0 Å². The molecular formula is C22H28Cl2N2O2. The van der Waals surface area contributed by atoms with Crippen LogP contribution in [0.5, 0.6) is 0 Å². The summed E-state index contributed by atoms with van der Waals surface area (Å²) in [6.07, 6.45) is 1.32. The van der Waals surface area contributed by atoms with E-state index in [4.69, 9.17) is 17.3 Å². The predicted octanol–water partition coefficient (Wildman–Crippen LogP) is 4.23. The van der Waals surface area contributed by atoms with Crippen LogP contribution in [-0.4, -0.2) is 29.7 Å². The third-order valence-electron chi connectivity index (χ3n) is 4.96. The molecular weight excluding hydrogens is 395 g/mol. The predicted molar refractivity (Wildman–Crippen MR) is 117 cm³/mol. The molecule has 1 amide bonds. The maximum Gasteiger partial charge on any atom is 0.249 e. The molecule has 0 unspecified atom stereocenters. The number of carbonyl (C=O) groups is 2. The summed E-state index contributed by atoms with van der Waals surface area (Å²) in [6.45, 7) is 4.84. The lowest BCUT2D eigenvalue weighted by Crippen LogP contribution is -2.32. The molecule has 2 N–H and O–H groups in total. The summed E-state index contributed by atoms with van der Waals surface area (Å²) in [4.78, 5) is 27.0. The second-order valence-corrected chi connectivity index (χ2v) is 7.18. The van der Waals surface area contributed by atoms with Gasteiger partial charge in [0, 0.05) is 36.5 Å². The highest BCUT2D eigenvalue weighted by atomic mass is 35.5. The number of carbonyl (C=O) groups excluding carboxylic acids is 2. The number of nitrogens with two attached hydrogens (primary N) is 1.